The first-order chi connectivity index (χ1) is 5.84. The summed E-state index contributed by atoms with van der Waals surface area (Å²) in [6, 6.07) is 0. The SMILES string of the molecule is Nc1csc(C(=O)O)c1P(=O)(O)O. The molecular formula is C5H6NO5PS. The molecule has 1 aromatic rings. The molecule has 0 saturated heterocycles. The largest absolute Gasteiger partial charge is 0.477 e. The Balaban J connectivity index is 3.42. The first-order valence-corrected chi connectivity index (χ1v) is 5.49. The number of nitrogen functional groups attached to an aromatic ring is 1. The van der Waals surface area contributed by atoms with Gasteiger partial charge in [-0.1, -0.05) is 0 Å². The molecule has 0 radical (unpaired) electrons. The summed E-state index contributed by atoms with van der Waals surface area (Å²) >= 11 is 0.694. The van der Waals surface area contributed by atoms with Crippen molar-refractivity contribution in [3.8, 4) is 0 Å². The van der Waals surface area contributed by atoms with Crippen LogP contribution >= 0.6 is 18.9 Å². The molecule has 0 atom stereocenters. The average Bonchev–Trinajstić information content (AvgIpc) is 2.28. The highest BCUT2D eigenvalue weighted by Crippen LogP contribution is 2.39. The van der Waals surface area contributed by atoms with Gasteiger partial charge in [0.1, 0.15) is 10.2 Å². The van der Waals surface area contributed by atoms with E-state index >= 15 is 0 Å². The van der Waals surface area contributed by atoms with Gasteiger partial charge in [0.15, 0.2) is 0 Å². The van der Waals surface area contributed by atoms with Gasteiger partial charge in [0.2, 0.25) is 0 Å². The zero-order valence-corrected chi connectivity index (χ0v) is 7.88. The van der Waals surface area contributed by atoms with Crippen LogP contribution in [0.1, 0.15) is 9.67 Å². The molecule has 0 aliphatic heterocycles. The van der Waals surface area contributed by atoms with Crippen molar-refractivity contribution in [2.75, 3.05) is 5.73 Å². The molecule has 5 N–H and O–H groups in total. The van der Waals surface area contributed by atoms with Crippen molar-refractivity contribution in [1.82, 2.24) is 0 Å². The van der Waals surface area contributed by atoms with E-state index in [-0.39, 0.29) is 5.69 Å². The lowest BCUT2D eigenvalue weighted by Crippen LogP contribution is -2.14. The zero-order valence-electron chi connectivity index (χ0n) is 6.17. The Kier molecular flexibility index (Phi) is 2.44. The highest BCUT2D eigenvalue weighted by atomic mass is 32.1. The summed E-state index contributed by atoms with van der Waals surface area (Å²) < 4.78 is 10.8. The molecule has 0 fully saturated rings. The highest BCUT2D eigenvalue weighted by molar-refractivity contribution is 7.61. The van der Waals surface area contributed by atoms with Gasteiger partial charge >= 0.3 is 13.6 Å². The Bertz CT molecular complexity index is 394. The van der Waals surface area contributed by atoms with Gasteiger partial charge < -0.3 is 20.6 Å². The Morgan fingerprint density at radius 3 is 2.38 bits per heavy atom. The minimum absolute atomic E-state index is 0.185. The number of hydrogen-bond acceptors (Lipinski definition) is 4. The number of carboxylic acids is 1. The van der Waals surface area contributed by atoms with E-state index in [0.717, 1.165) is 0 Å². The van der Waals surface area contributed by atoms with Crippen molar-refractivity contribution >= 4 is 35.9 Å². The zero-order chi connectivity index (χ0) is 10.2. The second-order valence-electron chi connectivity index (χ2n) is 2.22. The number of nitrogens with two attached hydrogens (primary N) is 1. The Hall–Kier alpha value is -0.880. The molecule has 0 aliphatic carbocycles. The highest BCUT2D eigenvalue weighted by Gasteiger charge is 2.29. The van der Waals surface area contributed by atoms with Gasteiger partial charge in [-0.2, -0.15) is 0 Å². The standard InChI is InChI=1S/C5H6NO5PS/c6-2-1-13-4(5(7)8)3(2)12(9,10)11/h1H,6H2,(H,7,8)(H2,9,10,11). The van der Waals surface area contributed by atoms with Crippen LogP contribution in [-0.4, -0.2) is 20.9 Å². The van der Waals surface area contributed by atoms with Gasteiger partial charge in [-0.3, -0.25) is 4.57 Å². The van der Waals surface area contributed by atoms with E-state index in [4.69, 9.17) is 20.6 Å². The van der Waals surface area contributed by atoms with Crippen LogP contribution < -0.4 is 11.0 Å². The monoisotopic (exact) mass is 223 g/mol. The summed E-state index contributed by atoms with van der Waals surface area (Å²) in [5, 5.41) is 9.15. The molecule has 0 amide bonds. The molecule has 6 nitrogen and oxygen atoms in total. The second-order valence-corrected chi connectivity index (χ2v) is 4.63. The van der Waals surface area contributed by atoms with E-state index < -0.39 is 23.7 Å². The van der Waals surface area contributed by atoms with Crippen molar-refractivity contribution in [1.29, 1.82) is 0 Å². The Morgan fingerprint density at radius 2 is 2.08 bits per heavy atom. The molecule has 0 aromatic carbocycles. The molecule has 72 valence electrons. The lowest BCUT2D eigenvalue weighted by molar-refractivity contribution is 0.0703. The van der Waals surface area contributed by atoms with Crippen LogP contribution in [0.3, 0.4) is 0 Å². The lowest BCUT2D eigenvalue weighted by atomic mass is 10.4. The van der Waals surface area contributed by atoms with Gasteiger partial charge in [-0.15, -0.1) is 11.3 Å². The average molecular weight is 223 g/mol. The number of carbonyl (C=O) groups is 1. The predicted octanol–water partition coefficient (Wildman–Crippen LogP) is -0.168. The van der Waals surface area contributed by atoms with E-state index in [1.54, 1.807) is 0 Å². The molecule has 8 heteroatoms. The number of thiophene rings is 1. The van der Waals surface area contributed by atoms with Crippen molar-refractivity contribution in [3.05, 3.63) is 10.3 Å². The quantitative estimate of drug-likeness (QED) is 0.516. The molecule has 0 aliphatic rings. The summed E-state index contributed by atoms with van der Waals surface area (Å²) in [4.78, 5) is 27.6. The second kappa shape index (κ2) is 3.12. The van der Waals surface area contributed by atoms with Crippen LogP contribution in [0.25, 0.3) is 0 Å². The molecule has 0 saturated carbocycles. The Morgan fingerprint density at radius 1 is 1.54 bits per heavy atom. The molecule has 1 heterocycles. The van der Waals surface area contributed by atoms with Gasteiger partial charge in [0.05, 0.1) is 5.69 Å². The molecule has 1 aromatic heterocycles. The van der Waals surface area contributed by atoms with Crippen LogP contribution in [0.5, 0.6) is 0 Å². The van der Waals surface area contributed by atoms with Crippen LogP contribution in [0.15, 0.2) is 5.38 Å². The van der Waals surface area contributed by atoms with Crippen molar-refractivity contribution in [3.63, 3.8) is 0 Å². The fourth-order valence-corrected chi connectivity index (χ4v) is 2.87. The van der Waals surface area contributed by atoms with Gasteiger partial charge in [0.25, 0.3) is 0 Å². The fourth-order valence-electron chi connectivity index (χ4n) is 0.817. The third-order valence-electron chi connectivity index (χ3n) is 1.28. The van der Waals surface area contributed by atoms with Crippen LogP contribution in [0.2, 0.25) is 0 Å². The molecular weight excluding hydrogens is 217 g/mol. The van der Waals surface area contributed by atoms with E-state index in [2.05, 4.69) is 0 Å². The van der Waals surface area contributed by atoms with Gasteiger partial charge in [0, 0.05) is 5.38 Å². The molecule has 0 spiro atoms. The topological polar surface area (TPSA) is 121 Å². The number of anilines is 1. The summed E-state index contributed by atoms with van der Waals surface area (Å²) in [7, 11) is -4.59. The number of carboxylic acid groups (broad SMARTS) is 1. The maximum atomic E-state index is 10.8. The van der Waals surface area contributed by atoms with Crippen molar-refractivity contribution in [2.24, 2.45) is 0 Å². The van der Waals surface area contributed by atoms with Gasteiger partial charge in [-0.25, -0.2) is 4.79 Å². The number of aromatic carboxylic acids is 1. The third-order valence-corrected chi connectivity index (χ3v) is 3.48. The first-order valence-electron chi connectivity index (χ1n) is 3.00. The molecule has 13 heavy (non-hydrogen) atoms. The number of rotatable bonds is 2. The third kappa shape index (κ3) is 1.89. The molecule has 1 rings (SSSR count). The smallest absolute Gasteiger partial charge is 0.360 e. The van der Waals surface area contributed by atoms with E-state index in [0.29, 0.717) is 11.3 Å². The Labute approximate surface area is 76.8 Å². The van der Waals surface area contributed by atoms with E-state index in [9.17, 15) is 9.36 Å². The summed E-state index contributed by atoms with van der Waals surface area (Å²) in [5.41, 5.74) is 5.04. The summed E-state index contributed by atoms with van der Waals surface area (Å²) in [6.07, 6.45) is 0. The van der Waals surface area contributed by atoms with Crippen LogP contribution in [0.4, 0.5) is 5.69 Å². The molecule has 0 unspecified atom stereocenters. The maximum Gasteiger partial charge on any atom is 0.360 e. The predicted molar refractivity (Wildman–Crippen MR) is 47.4 cm³/mol. The molecule has 0 bridgehead atoms. The maximum absolute atomic E-state index is 10.8. The van der Waals surface area contributed by atoms with Gasteiger partial charge in [-0.05, 0) is 0 Å². The summed E-state index contributed by atoms with van der Waals surface area (Å²) in [5.74, 6) is -1.39. The van der Waals surface area contributed by atoms with E-state index in [1.807, 2.05) is 0 Å². The summed E-state index contributed by atoms with van der Waals surface area (Å²) in [6.45, 7) is 0. The van der Waals surface area contributed by atoms with Crippen LogP contribution in [-0.2, 0) is 4.57 Å². The first kappa shape index (κ1) is 10.2. The minimum Gasteiger partial charge on any atom is -0.477 e. The van der Waals surface area contributed by atoms with Crippen LogP contribution in [0, 0.1) is 0 Å². The minimum atomic E-state index is -4.59. The van der Waals surface area contributed by atoms with Crippen molar-refractivity contribution < 1.29 is 24.3 Å². The normalized spacial score (nSPS) is 11.5. The fraction of sp³-hybridized carbons (Fsp3) is 0. The number of hydrogen-bond donors (Lipinski definition) is 4. The van der Waals surface area contributed by atoms with E-state index in [1.165, 1.54) is 5.38 Å². The van der Waals surface area contributed by atoms with Crippen molar-refractivity contribution in [2.45, 2.75) is 0 Å². The lowest BCUT2D eigenvalue weighted by Gasteiger charge is -2.03.